The number of nitrogens with zero attached hydrogens (tertiary/aromatic N) is 1. The van der Waals surface area contributed by atoms with Crippen molar-refractivity contribution in [3.63, 3.8) is 0 Å². The number of ether oxygens (including phenoxy) is 2. The Morgan fingerprint density at radius 3 is 2.12 bits per heavy atom. The smallest absolute Gasteiger partial charge is 0.170 e. The van der Waals surface area contributed by atoms with Gasteiger partial charge in [0.15, 0.2) is 6.29 Å². The van der Waals surface area contributed by atoms with Gasteiger partial charge in [0, 0.05) is 26.3 Å². The third-order valence-corrected chi connectivity index (χ3v) is 3.30. The van der Waals surface area contributed by atoms with Gasteiger partial charge in [0.05, 0.1) is 0 Å². The van der Waals surface area contributed by atoms with Crippen LogP contribution in [0.5, 0.6) is 0 Å². The highest BCUT2D eigenvalue weighted by atomic mass is 16.7. The van der Waals surface area contributed by atoms with Crippen LogP contribution in [0.3, 0.4) is 0 Å². The summed E-state index contributed by atoms with van der Waals surface area (Å²) in [6.45, 7) is 10.9. The molecule has 0 saturated heterocycles. The molecular formula is C13H27NO2. The molecule has 1 aliphatic rings. The molecule has 0 aromatic rings. The zero-order valence-corrected chi connectivity index (χ0v) is 11.1. The molecule has 0 bridgehead atoms. The molecule has 1 fully saturated rings. The normalized spacial score (nSPS) is 17.1. The zero-order chi connectivity index (χ0) is 11.8. The molecule has 0 atom stereocenters. The quantitative estimate of drug-likeness (QED) is 0.567. The van der Waals surface area contributed by atoms with Crippen LogP contribution < -0.4 is 0 Å². The molecule has 96 valence electrons. The van der Waals surface area contributed by atoms with Gasteiger partial charge in [-0.1, -0.05) is 13.3 Å². The van der Waals surface area contributed by atoms with E-state index in [1.54, 1.807) is 0 Å². The third kappa shape index (κ3) is 4.81. The van der Waals surface area contributed by atoms with Crippen molar-refractivity contribution in [1.29, 1.82) is 0 Å². The number of hydrogen-bond acceptors (Lipinski definition) is 3. The Morgan fingerprint density at radius 2 is 1.75 bits per heavy atom. The Bertz CT molecular complexity index is 165. The zero-order valence-electron chi connectivity index (χ0n) is 11.1. The fourth-order valence-electron chi connectivity index (χ4n) is 2.11. The minimum Gasteiger partial charge on any atom is -0.352 e. The second-order valence-corrected chi connectivity index (χ2v) is 4.49. The van der Waals surface area contributed by atoms with Crippen LogP contribution >= 0.6 is 0 Å². The highest BCUT2D eigenvalue weighted by molar-refractivity contribution is 4.74. The standard InChI is InChI=1S/C13H27NO2/c1-4-14(10-12-8-7-9-12)11-13(15-5-2)16-6-3/h12-13H,4-11H2,1-3H3. The van der Waals surface area contributed by atoms with E-state index in [9.17, 15) is 0 Å². The van der Waals surface area contributed by atoms with Gasteiger partial charge in [-0.2, -0.15) is 0 Å². The Hall–Kier alpha value is -0.120. The summed E-state index contributed by atoms with van der Waals surface area (Å²) in [6.07, 6.45) is 4.19. The Kier molecular flexibility index (Phi) is 7.01. The second-order valence-electron chi connectivity index (χ2n) is 4.49. The van der Waals surface area contributed by atoms with E-state index in [4.69, 9.17) is 9.47 Å². The molecule has 0 unspecified atom stereocenters. The minimum absolute atomic E-state index is 0.0463. The van der Waals surface area contributed by atoms with Gasteiger partial charge in [-0.25, -0.2) is 0 Å². The molecule has 0 heterocycles. The molecule has 0 aromatic heterocycles. The summed E-state index contributed by atoms with van der Waals surface area (Å²) >= 11 is 0. The van der Waals surface area contributed by atoms with Crippen molar-refractivity contribution in [1.82, 2.24) is 4.90 Å². The first kappa shape index (κ1) is 13.9. The summed E-state index contributed by atoms with van der Waals surface area (Å²) in [6, 6.07) is 0. The number of rotatable bonds is 9. The predicted octanol–water partition coefficient (Wildman–Crippen LogP) is 2.51. The van der Waals surface area contributed by atoms with Crippen molar-refractivity contribution in [2.24, 2.45) is 5.92 Å². The number of hydrogen-bond donors (Lipinski definition) is 0. The summed E-state index contributed by atoms with van der Waals surface area (Å²) in [5, 5.41) is 0. The van der Waals surface area contributed by atoms with Crippen LogP contribution in [0.2, 0.25) is 0 Å². The van der Waals surface area contributed by atoms with E-state index in [0.29, 0.717) is 0 Å². The Morgan fingerprint density at radius 1 is 1.12 bits per heavy atom. The summed E-state index contributed by atoms with van der Waals surface area (Å²) in [4.78, 5) is 2.46. The predicted molar refractivity (Wildman–Crippen MR) is 66.5 cm³/mol. The maximum Gasteiger partial charge on any atom is 0.170 e. The summed E-state index contributed by atoms with van der Waals surface area (Å²) in [5.74, 6) is 0.920. The van der Waals surface area contributed by atoms with E-state index >= 15 is 0 Å². The van der Waals surface area contributed by atoms with Crippen molar-refractivity contribution in [3.05, 3.63) is 0 Å². The molecule has 0 aromatic carbocycles. The van der Waals surface area contributed by atoms with Crippen molar-refractivity contribution in [2.75, 3.05) is 32.8 Å². The second kappa shape index (κ2) is 8.04. The van der Waals surface area contributed by atoms with E-state index in [0.717, 1.165) is 32.2 Å². The number of likely N-dealkylation sites (N-methyl/N-ethyl adjacent to an activating group) is 1. The molecule has 0 aliphatic heterocycles. The Balaban J connectivity index is 2.26. The Labute approximate surface area is 100 Å². The van der Waals surface area contributed by atoms with Gasteiger partial charge in [0.25, 0.3) is 0 Å². The minimum atomic E-state index is -0.0463. The summed E-state index contributed by atoms with van der Waals surface area (Å²) in [7, 11) is 0. The van der Waals surface area contributed by atoms with Gasteiger partial charge in [0.1, 0.15) is 0 Å². The molecule has 0 radical (unpaired) electrons. The molecule has 16 heavy (non-hydrogen) atoms. The molecule has 1 saturated carbocycles. The van der Waals surface area contributed by atoms with Gasteiger partial charge in [0.2, 0.25) is 0 Å². The van der Waals surface area contributed by atoms with E-state index in [1.807, 2.05) is 13.8 Å². The summed E-state index contributed by atoms with van der Waals surface area (Å²) < 4.78 is 11.2. The average Bonchev–Trinajstić information content (AvgIpc) is 2.22. The van der Waals surface area contributed by atoms with Gasteiger partial charge >= 0.3 is 0 Å². The van der Waals surface area contributed by atoms with Gasteiger partial charge in [-0.15, -0.1) is 0 Å². The monoisotopic (exact) mass is 229 g/mol. The van der Waals surface area contributed by atoms with Crippen molar-refractivity contribution in [2.45, 2.75) is 46.3 Å². The highest BCUT2D eigenvalue weighted by Gasteiger charge is 2.21. The lowest BCUT2D eigenvalue weighted by Gasteiger charge is -2.33. The van der Waals surface area contributed by atoms with Crippen LogP contribution in [0.25, 0.3) is 0 Å². The van der Waals surface area contributed by atoms with Crippen LogP contribution in [-0.2, 0) is 9.47 Å². The first-order chi connectivity index (χ1) is 7.80. The van der Waals surface area contributed by atoms with Gasteiger partial charge in [-0.3, -0.25) is 4.90 Å². The average molecular weight is 229 g/mol. The highest BCUT2D eigenvalue weighted by Crippen LogP contribution is 2.27. The van der Waals surface area contributed by atoms with Crippen molar-refractivity contribution >= 4 is 0 Å². The first-order valence-corrected chi connectivity index (χ1v) is 6.75. The largest absolute Gasteiger partial charge is 0.352 e. The molecule has 1 rings (SSSR count). The van der Waals surface area contributed by atoms with E-state index < -0.39 is 0 Å². The van der Waals surface area contributed by atoms with E-state index in [1.165, 1.54) is 25.8 Å². The van der Waals surface area contributed by atoms with Gasteiger partial charge < -0.3 is 9.47 Å². The molecule has 1 aliphatic carbocycles. The molecule has 0 N–H and O–H groups in total. The van der Waals surface area contributed by atoms with Crippen molar-refractivity contribution in [3.8, 4) is 0 Å². The lowest BCUT2D eigenvalue weighted by molar-refractivity contribution is -0.148. The van der Waals surface area contributed by atoms with Crippen LogP contribution in [-0.4, -0.2) is 44.0 Å². The molecule has 0 amide bonds. The van der Waals surface area contributed by atoms with Crippen LogP contribution in [0.4, 0.5) is 0 Å². The fourth-order valence-corrected chi connectivity index (χ4v) is 2.11. The van der Waals surface area contributed by atoms with Crippen LogP contribution in [0, 0.1) is 5.92 Å². The fraction of sp³-hybridized carbons (Fsp3) is 1.00. The lowest BCUT2D eigenvalue weighted by atomic mass is 9.85. The van der Waals surface area contributed by atoms with E-state index in [-0.39, 0.29) is 6.29 Å². The third-order valence-electron chi connectivity index (χ3n) is 3.30. The lowest BCUT2D eigenvalue weighted by Crippen LogP contribution is -2.39. The molecule has 3 heteroatoms. The SMILES string of the molecule is CCOC(CN(CC)CC1CCC1)OCC. The van der Waals surface area contributed by atoms with E-state index in [2.05, 4.69) is 11.8 Å². The van der Waals surface area contributed by atoms with Crippen molar-refractivity contribution < 1.29 is 9.47 Å². The summed E-state index contributed by atoms with van der Waals surface area (Å²) in [5.41, 5.74) is 0. The van der Waals surface area contributed by atoms with Crippen LogP contribution in [0.1, 0.15) is 40.0 Å². The molecule has 3 nitrogen and oxygen atoms in total. The maximum atomic E-state index is 5.58. The van der Waals surface area contributed by atoms with Crippen LogP contribution in [0.15, 0.2) is 0 Å². The molecular weight excluding hydrogens is 202 g/mol. The molecule has 0 spiro atoms. The topological polar surface area (TPSA) is 21.7 Å². The maximum absolute atomic E-state index is 5.58. The first-order valence-electron chi connectivity index (χ1n) is 6.75. The van der Waals surface area contributed by atoms with Gasteiger partial charge in [-0.05, 0) is 39.2 Å².